The van der Waals surface area contributed by atoms with Crippen molar-refractivity contribution in [2.45, 2.75) is 31.2 Å². The van der Waals surface area contributed by atoms with Crippen molar-refractivity contribution in [3.63, 3.8) is 0 Å². The number of hydrogen-bond acceptors (Lipinski definition) is 4. The predicted molar refractivity (Wildman–Crippen MR) is 82.9 cm³/mol. The zero-order valence-corrected chi connectivity index (χ0v) is 14.0. The summed E-state index contributed by atoms with van der Waals surface area (Å²) in [6.45, 7) is 3.74. The highest BCUT2D eigenvalue weighted by Crippen LogP contribution is 2.22. The Morgan fingerprint density at radius 1 is 1.35 bits per heavy atom. The van der Waals surface area contributed by atoms with E-state index in [-0.39, 0.29) is 11.4 Å². The average Bonchev–Trinajstić information content (AvgIpc) is 2.42. The number of hydrogen-bond donors (Lipinski definition) is 2. The van der Waals surface area contributed by atoms with E-state index in [4.69, 9.17) is 10.5 Å². The molecule has 114 valence electrons. The van der Waals surface area contributed by atoms with E-state index in [1.165, 1.54) is 0 Å². The third-order valence-electron chi connectivity index (χ3n) is 2.70. The lowest BCUT2D eigenvalue weighted by Gasteiger charge is -2.10. The van der Waals surface area contributed by atoms with Crippen LogP contribution >= 0.6 is 15.9 Å². The molecule has 1 aromatic carbocycles. The minimum atomic E-state index is -3.53. The van der Waals surface area contributed by atoms with E-state index in [9.17, 15) is 8.42 Å². The van der Waals surface area contributed by atoms with Crippen LogP contribution in [0, 0.1) is 0 Å². The summed E-state index contributed by atoms with van der Waals surface area (Å²) in [5.41, 5.74) is 6.39. The fraction of sp³-hybridized carbons (Fsp3) is 0.538. The van der Waals surface area contributed by atoms with Gasteiger partial charge in [0.2, 0.25) is 10.0 Å². The van der Waals surface area contributed by atoms with Crippen LogP contribution in [-0.2, 0) is 21.3 Å². The average molecular weight is 365 g/mol. The molecule has 0 amide bonds. The van der Waals surface area contributed by atoms with Crippen LogP contribution in [-0.4, -0.2) is 28.2 Å². The molecule has 0 atom stereocenters. The van der Waals surface area contributed by atoms with Gasteiger partial charge in [-0.05, 0) is 40.0 Å². The molecule has 0 aliphatic rings. The van der Waals surface area contributed by atoms with Gasteiger partial charge in [0.05, 0.1) is 11.5 Å². The SMILES string of the molecule is CCCCOCCNS(=O)(=O)c1ccc(CN)cc1Br. The van der Waals surface area contributed by atoms with Gasteiger partial charge in [0.1, 0.15) is 0 Å². The van der Waals surface area contributed by atoms with E-state index in [1.54, 1.807) is 18.2 Å². The Morgan fingerprint density at radius 3 is 2.70 bits per heavy atom. The van der Waals surface area contributed by atoms with Gasteiger partial charge in [-0.25, -0.2) is 13.1 Å². The topological polar surface area (TPSA) is 81.4 Å². The molecule has 0 bridgehead atoms. The van der Waals surface area contributed by atoms with Crippen molar-refractivity contribution in [1.82, 2.24) is 4.72 Å². The maximum atomic E-state index is 12.1. The van der Waals surface area contributed by atoms with Gasteiger partial charge in [-0.15, -0.1) is 0 Å². The van der Waals surface area contributed by atoms with Crippen LogP contribution in [0.15, 0.2) is 27.6 Å². The molecule has 0 radical (unpaired) electrons. The normalized spacial score (nSPS) is 11.8. The molecule has 0 spiro atoms. The Balaban J connectivity index is 2.56. The quantitative estimate of drug-likeness (QED) is 0.656. The molecule has 0 aliphatic heterocycles. The fourth-order valence-corrected chi connectivity index (χ4v) is 3.70. The lowest BCUT2D eigenvalue weighted by molar-refractivity contribution is 0.136. The number of nitrogens with two attached hydrogens (primary N) is 1. The van der Waals surface area contributed by atoms with E-state index in [1.807, 2.05) is 0 Å². The van der Waals surface area contributed by atoms with Crippen molar-refractivity contribution in [1.29, 1.82) is 0 Å². The van der Waals surface area contributed by atoms with Gasteiger partial charge in [-0.1, -0.05) is 19.4 Å². The van der Waals surface area contributed by atoms with Gasteiger partial charge in [-0.2, -0.15) is 0 Å². The van der Waals surface area contributed by atoms with E-state index in [2.05, 4.69) is 27.6 Å². The van der Waals surface area contributed by atoms with Gasteiger partial charge in [0.15, 0.2) is 0 Å². The molecule has 5 nitrogen and oxygen atoms in total. The monoisotopic (exact) mass is 364 g/mol. The van der Waals surface area contributed by atoms with Crippen molar-refractivity contribution >= 4 is 26.0 Å². The fourth-order valence-electron chi connectivity index (χ4n) is 1.56. The Bertz CT molecular complexity index is 520. The summed E-state index contributed by atoms with van der Waals surface area (Å²) >= 11 is 3.26. The molecule has 0 fully saturated rings. The Kier molecular flexibility index (Phi) is 7.68. The molecule has 1 aromatic rings. The van der Waals surface area contributed by atoms with Crippen LogP contribution in [0.3, 0.4) is 0 Å². The summed E-state index contributed by atoms with van der Waals surface area (Å²) in [5.74, 6) is 0. The molecule has 20 heavy (non-hydrogen) atoms. The lowest BCUT2D eigenvalue weighted by atomic mass is 10.2. The van der Waals surface area contributed by atoms with Crippen molar-refractivity contribution in [2.24, 2.45) is 5.73 Å². The van der Waals surface area contributed by atoms with Gasteiger partial charge >= 0.3 is 0 Å². The number of halogens is 1. The number of benzene rings is 1. The largest absolute Gasteiger partial charge is 0.380 e. The third kappa shape index (κ3) is 5.49. The van der Waals surface area contributed by atoms with Crippen LogP contribution in [0.1, 0.15) is 25.3 Å². The number of ether oxygens (including phenoxy) is 1. The molecule has 0 heterocycles. The van der Waals surface area contributed by atoms with Crippen LogP contribution in [0.4, 0.5) is 0 Å². The molecular weight excluding hydrogens is 344 g/mol. The van der Waals surface area contributed by atoms with Crippen molar-refractivity contribution in [2.75, 3.05) is 19.8 Å². The molecule has 0 saturated carbocycles. The summed E-state index contributed by atoms with van der Waals surface area (Å²) in [6, 6.07) is 4.97. The van der Waals surface area contributed by atoms with Gasteiger partial charge < -0.3 is 10.5 Å². The number of nitrogens with one attached hydrogen (secondary N) is 1. The minimum Gasteiger partial charge on any atom is -0.380 e. The number of rotatable bonds is 9. The Hall–Kier alpha value is -0.470. The minimum absolute atomic E-state index is 0.211. The zero-order chi connectivity index (χ0) is 15.0. The number of unbranched alkanes of at least 4 members (excludes halogenated alkanes) is 1. The van der Waals surface area contributed by atoms with E-state index in [0.717, 1.165) is 18.4 Å². The summed E-state index contributed by atoms with van der Waals surface area (Å²) in [6.07, 6.45) is 2.05. The first-order valence-electron chi connectivity index (χ1n) is 6.57. The summed E-state index contributed by atoms with van der Waals surface area (Å²) < 4.78 is 32.6. The summed E-state index contributed by atoms with van der Waals surface area (Å²) in [5, 5.41) is 0. The third-order valence-corrected chi connectivity index (χ3v) is 5.14. The maximum Gasteiger partial charge on any atom is 0.241 e. The smallest absolute Gasteiger partial charge is 0.241 e. The molecule has 7 heteroatoms. The molecule has 3 N–H and O–H groups in total. The van der Waals surface area contributed by atoms with Crippen molar-refractivity contribution in [3.05, 3.63) is 28.2 Å². The lowest BCUT2D eigenvalue weighted by Crippen LogP contribution is -2.28. The first-order valence-corrected chi connectivity index (χ1v) is 8.84. The second-order valence-corrected chi connectivity index (χ2v) is 6.92. The summed E-state index contributed by atoms with van der Waals surface area (Å²) in [7, 11) is -3.53. The molecule has 0 saturated heterocycles. The van der Waals surface area contributed by atoms with Crippen LogP contribution in [0.5, 0.6) is 0 Å². The molecule has 1 rings (SSSR count). The highest BCUT2D eigenvalue weighted by atomic mass is 79.9. The highest BCUT2D eigenvalue weighted by molar-refractivity contribution is 9.10. The second-order valence-electron chi connectivity index (χ2n) is 4.33. The maximum absolute atomic E-state index is 12.1. The molecule has 0 unspecified atom stereocenters. The van der Waals surface area contributed by atoms with E-state index in [0.29, 0.717) is 24.2 Å². The Morgan fingerprint density at radius 2 is 2.10 bits per heavy atom. The number of sulfonamides is 1. The van der Waals surface area contributed by atoms with Crippen LogP contribution in [0.25, 0.3) is 0 Å². The van der Waals surface area contributed by atoms with Crippen LogP contribution < -0.4 is 10.5 Å². The first-order chi connectivity index (χ1) is 9.51. The van der Waals surface area contributed by atoms with Crippen molar-refractivity contribution < 1.29 is 13.2 Å². The van der Waals surface area contributed by atoms with Gasteiger partial charge in [-0.3, -0.25) is 0 Å². The standard InChI is InChI=1S/C13H21BrN2O3S/c1-2-3-7-19-8-6-16-20(17,18)13-5-4-11(10-15)9-12(13)14/h4-5,9,16H,2-3,6-8,10,15H2,1H3. The van der Waals surface area contributed by atoms with Crippen molar-refractivity contribution in [3.8, 4) is 0 Å². The van der Waals surface area contributed by atoms with E-state index < -0.39 is 10.0 Å². The second kappa shape index (κ2) is 8.74. The first kappa shape index (κ1) is 17.6. The molecule has 0 aromatic heterocycles. The molecule has 0 aliphatic carbocycles. The summed E-state index contributed by atoms with van der Waals surface area (Å²) in [4.78, 5) is 0.211. The van der Waals surface area contributed by atoms with E-state index >= 15 is 0 Å². The van der Waals surface area contributed by atoms with Gasteiger partial charge in [0.25, 0.3) is 0 Å². The Labute approximate surface area is 129 Å². The zero-order valence-electron chi connectivity index (χ0n) is 11.6. The predicted octanol–water partition coefficient (Wildman–Crippen LogP) is 2.00. The highest BCUT2D eigenvalue weighted by Gasteiger charge is 2.17. The van der Waals surface area contributed by atoms with Gasteiger partial charge in [0, 0.05) is 24.2 Å². The van der Waals surface area contributed by atoms with Crippen LogP contribution in [0.2, 0.25) is 0 Å². The molecular formula is C13H21BrN2O3S.